The molecule has 3 nitrogen and oxygen atoms in total. The Labute approximate surface area is 106 Å². The third kappa shape index (κ3) is 3.43. The molecule has 100 valence electrons. The molecule has 1 saturated carbocycles. The van der Waals surface area contributed by atoms with Crippen molar-refractivity contribution in [1.29, 1.82) is 0 Å². The quantitative estimate of drug-likeness (QED) is 0.770. The van der Waals surface area contributed by atoms with Crippen LogP contribution >= 0.6 is 0 Å². The van der Waals surface area contributed by atoms with Crippen molar-refractivity contribution in [2.45, 2.75) is 51.0 Å². The summed E-state index contributed by atoms with van der Waals surface area (Å²) in [7, 11) is 1.83. The third-order valence-corrected chi connectivity index (χ3v) is 4.71. The normalized spacial score (nSPS) is 27.2. The maximum Gasteiger partial charge on any atom is 0.0531 e. The molecule has 0 bridgehead atoms. The Kier molecular flexibility index (Phi) is 4.45. The first-order valence-electron chi connectivity index (χ1n) is 7.13. The molecule has 0 atom stereocenters. The minimum absolute atomic E-state index is 0.367. The van der Waals surface area contributed by atoms with E-state index in [2.05, 4.69) is 17.6 Å². The molecule has 0 amide bonds. The van der Waals surface area contributed by atoms with Crippen LogP contribution in [0.1, 0.15) is 45.4 Å². The summed E-state index contributed by atoms with van der Waals surface area (Å²) >= 11 is 0. The molecule has 0 unspecified atom stereocenters. The largest absolute Gasteiger partial charge is 0.384 e. The Hall–Kier alpha value is -0.120. The highest BCUT2D eigenvalue weighted by Crippen LogP contribution is 2.33. The molecular weight excluding hydrogens is 212 g/mol. The second-order valence-electron chi connectivity index (χ2n) is 6.30. The van der Waals surface area contributed by atoms with Gasteiger partial charge < -0.3 is 15.4 Å². The Balaban J connectivity index is 1.88. The van der Waals surface area contributed by atoms with Crippen molar-refractivity contribution in [1.82, 2.24) is 10.6 Å². The Morgan fingerprint density at radius 1 is 1.12 bits per heavy atom. The number of hydrogen-bond acceptors (Lipinski definition) is 3. The van der Waals surface area contributed by atoms with Gasteiger partial charge in [-0.2, -0.15) is 0 Å². The van der Waals surface area contributed by atoms with Crippen molar-refractivity contribution in [2.24, 2.45) is 5.41 Å². The Morgan fingerprint density at radius 3 is 2.35 bits per heavy atom. The van der Waals surface area contributed by atoms with E-state index in [0.717, 1.165) is 26.2 Å². The molecule has 1 saturated heterocycles. The lowest BCUT2D eigenvalue weighted by Gasteiger charge is -2.40. The molecule has 0 aromatic rings. The van der Waals surface area contributed by atoms with Crippen LogP contribution in [0.3, 0.4) is 0 Å². The number of hydrogen-bond donors (Lipinski definition) is 2. The van der Waals surface area contributed by atoms with Crippen molar-refractivity contribution < 1.29 is 4.74 Å². The van der Waals surface area contributed by atoms with Crippen molar-refractivity contribution in [2.75, 3.05) is 33.4 Å². The zero-order chi connectivity index (χ0) is 12.2. The molecular formula is C14H28N2O. The van der Waals surface area contributed by atoms with E-state index in [1.54, 1.807) is 0 Å². The van der Waals surface area contributed by atoms with Crippen LogP contribution in [0.5, 0.6) is 0 Å². The van der Waals surface area contributed by atoms with Gasteiger partial charge in [-0.3, -0.25) is 0 Å². The van der Waals surface area contributed by atoms with Gasteiger partial charge in [0.25, 0.3) is 0 Å². The highest BCUT2D eigenvalue weighted by molar-refractivity contribution is 4.93. The molecule has 1 aliphatic heterocycles. The second-order valence-corrected chi connectivity index (χ2v) is 6.30. The van der Waals surface area contributed by atoms with Crippen LogP contribution in [-0.2, 0) is 4.74 Å². The van der Waals surface area contributed by atoms with Gasteiger partial charge in [0, 0.05) is 24.6 Å². The van der Waals surface area contributed by atoms with Gasteiger partial charge in [0.2, 0.25) is 0 Å². The lowest BCUT2D eigenvalue weighted by atomic mass is 9.79. The smallest absolute Gasteiger partial charge is 0.0531 e. The fraction of sp³-hybridized carbons (Fsp3) is 1.00. The molecule has 2 N–H and O–H groups in total. The summed E-state index contributed by atoms with van der Waals surface area (Å²) in [5, 5.41) is 7.30. The van der Waals surface area contributed by atoms with Gasteiger partial charge in [-0.05, 0) is 45.7 Å². The summed E-state index contributed by atoms with van der Waals surface area (Å²) in [6, 6.07) is 0. The second kappa shape index (κ2) is 5.68. The topological polar surface area (TPSA) is 33.3 Å². The molecule has 2 rings (SSSR count). The van der Waals surface area contributed by atoms with Gasteiger partial charge in [-0.15, -0.1) is 0 Å². The van der Waals surface area contributed by atoms with Crippen LogP contribution in [-0.4, -0.2) is 38.9 Å². The summed E-state index contributed by atoms with van der Waals surface area (Å²) in [6.07, 6.45) is 7.95. The molecule has 17 heavy (non-hydrogen) atoms. The summed E-state index contributed by atoms with van der Waals surface area (Å²) in [5.41, 5.74) is 0.761. The van der Waals surface area contributed by atoms with E-state index in [0.29, 0.717) is 11.0 Å². The third-order valence-electron chi connectivity index (χ3n) is 4.71. The highest BCUT2D eigenvalue weighted by Gasteiger charge is 2.35. The Morgan fingerprint density at radius 2 is 1.76 bits per heavy atom. The molecule has 0 aromatic carbocycles. The maximum atomic E-state index is 5.47. The van der Waals surface area contributed by atoms with E-state index in [-0.39, 0.29) is 0 Å². The average molecular weight is 240 g/mol. The van der Waals surface area contributed by atoms with Gasteiger partial charge in [0.15, 0.2) is 0 Å². The molecule has 2 aliphatic rings. The molecule has 0 radical (unpaired) electrons. The predicted molar refractivity (Wildman–Crippen MR) is 71.3 cm³/mol. The van der Waals surface area contributed by atoms with Gasteiger partial charge in [-0.25, -0.2) is 0 Å². The Bertz CT molecular complexity index is 225. The van der Waals surface area contributed by atoms with Gasteiger partial charge in [-0.1, -0.05) is 12.8 Å². The van der Waals surface area contributed by atoms with E-state index in [1.807, 2.05) is 7.11 Å². The van der Waals surface area contributed by atoms with Crippen LogP contribution in [0.2, 0.25) is 0 Å². The fourth-order valence-electron chi connectivity index (χ4n) is 3.37. The zero-order valence-electron chi connectivity index (χ0n) is 11.5. The van der Waals surface area contributed by atoms with E-state index in [1.165, 1.54) is 38.5 Å². The molecule has 0 aromatic heterocycles. The minimum Gasteiger partial charge on any atom is -0.384 e. The van der Waals surface area contributed by atoms with Crippen LogP contribution in [0.25, 0.3) is 0 Å². The van der Waals surface area contributed by atoms with Gasteiger partial charge >= 0.3 is 0 Å². The minimum atomic E-state index is 0.367. The van der Waals surface area contributed by atoms with Gasteiger partial charge in [0.05, 0.1) is 6.61 Å². The average Bonchev–Trinajstić information content (AvgIpc) is 2.76. The number of piperidine rings is 1. The summed E-state index contributed by atoms with van der Waals surface area (Å²) in [6.45, 7) is 6.70. The van der Waals surface area contributed by atoms with E-state index in [4.69, 9.17) is 4.74 Å². The first-order chi connectivity index (χ1) is 8.18. The summed E-state index contributed by atoms with van der Waals surface area (Å²) < 4.78 is 5.47. The van der Waals surface area contributed by atoms with Crippen LogP contribution in [0.15, 0.2) is 0 Å². The number of nitrogens with one attached hydrogen (secondary N) is 2. The monoisotopic (exact) mass is 240 g/mol. The summed E-state index contributed by atoms with van der Waals surface area (Å²) in [5.74, 6) is 0. The maximum absolute atomic E-state index is 5.47. The molecule has 1 aliphatic carbocycles. The standard InChI is InChI=1S/C14H28N2O/c1-13(5-3-4-6-13)16-11-14(12-17-2)7-9-15-10-8-14/h15-16H,3-12H2,1-2H3. The van der Waals surface area contributed by atoms with Crippen molar-refractivity contribution in [3.05, 3.63) is 0 Å². The lowest BCUT2D eigenvalue weighted by Crippen LogP contribution is -2.51. The lowest BCUT2D eigenvalue weighted by molar-refractivity contribution is 0.0475. The number of rotatable bonds is 5. The molecule has 3 heteroatoms. The summed E-state index contributed by atoms with van der Waals surface area (Å²) in [4.78, 5) is 0. The van der Waals surface area contributed by atoms with Crippen molar-refractivity contribution in [3.8, 4) is 0 Å². The van der Waals surface area contributed by atoms with Crippen molar-refractivity contribution >= 4 is 0 Å². The molecule has 2 fully saturated rings. The zero-order valence-corrected chi connectivity index (χ0v) is 11.5. The van der Waals surface area contributed by atoms with E-state index >= 15 is 0 Å². The van der Waals surface area contributed by atoms with E-state index < -0.39 is 0 Å². The molecule has 1 heterocycles. The van der Waals surface area contributed by atoms with Crippen LogP contribution < -0.4 is 10.6 Å². The van der Waals surface area contributed by atoms with E-state index in [9.17, 15) is 0 Å². The van der Waals surface area contributed by atoms with Crippen LogP contribution in [0.4, 0.5) is 0 Å². The van der Waals surface area contributed by atoms with Crippen LogP contribution in [0, 0.1) is 5.41 Å². The fourth-order valence-corrected chi connectivity index (χ4v) is 3.37. The predicted octanol–water partition coefficient (Wildman–Crippen LogP) is 1.92. The number of ether oxygens (including phenoxy) is 1. The SMILES string of the molecule is COCC1(CNC2(C)CCCC2)CCNCC1. The first kappa shape index (κ1) is 13.3. The number of methoxy groups -OCH3 is 1. The molecule has 0 spiro atoms. The highest BCUT2D eigenvalue weighted by atomic mass is 16.5. The first-order valence-corrected chi connectivity index (χ1v) is 7.13. The van der Waals surface area contributed by atoms with Gasteiger partial charge in [0.1, 0.15) is 0 Å². The van der Waals surface area contributed by atoms with Crippen molar-refractivity contribution in [3.63, 3.8) is 0 Å².